The first-order valence-electron chi connectivity index (χ1n) is 6.83. The monoisotopic (exact) mass is 300 g/mol. The maximum absolute atomic E-state index is 10.3. The normalized spacial score (nSPS) is 12.5. The van der Waals surface area contributed by atoms with E-state index in [1.807, 2.05) is 0 Å². The number of nitro benzene ring substituents is 1. The molecule has 0 saturated carbocycles. The lowest BCUT2D eigenvalue weighted by molar-refractivity contribution is -0.384. The quantitative estimate of drug-likeness (QED) is 0.657. The number of fused-ring (bicyclic) bond motifs is 1. The molecule has 1 heterocycles. The van der Waals surface area contributed by atoms with E-state index in [-0.39, 0.29) is 11.3 Å². The highest BCUT2D eigenvalue weighted by Crippen LogP contribution is 2.12. The number of carboxylic acids is 1. The molecule has 0 fully saturated rings. The fourth-order valence-corrected chi connectivity index (χ4v) is 2.15. The summed E-state index contributed by atoms with van der Waals surface area (Å²) in [6.07, 6.45) is 1.19. The second-order valence-electron chi connectivity index (χ2n) is 4.80. The number of benzene rings is 2. The molecular formula is C16H16N2O4. The zero-order valence-electron chi connectivity index (χ0n) is 11.9. The summed E-state index contributed by atoms with van der Waals surface area (Å²) in [4.78, 5) is 19.9. The van der Waals surface area contributed by atoms with Crippen molar-refractivity contribution in [1.82, 2.24) is 5.32 Å². The van der Waals surface area contributed by atoms with E-state index in [0.717, 1.165) is 25.2 Å². The number of nitrogens with one attached hydrogen (secondary N) is 1. The SMILES string of the molecule is O=C(O)c1ccc([N+](=O)[O-])cc1.c1ccc2c(c1)CCNC2. The zero-order valence-corrected chi connectivity index (χ0v) is 11.9. The van der Waals surface area contributed by atoms with Crippen LogP contribution in [0.3, 0.4) is 0 Å². The van der Waals surface area contributed by atoms with Crippen molar-refractivity contribution in [2.45, 2.75) is 13.0 Å². The van der Waals surface area contributed by atoms with Gasteiger partial charge in [0.15, 0.2) is 0 Å². The van der Waals surface area contributed by atoms with Crippen LogP contribution < -0.4 is 5.32 Å². The summed E-state index contributed by atoms with van der Waals surface area (Å²) in [5, 5.41) is 21.9. The van der Waals surface area contributed by atoms with E-state index in [0.29, 0.717) is 0 Å². The van der Waals surface area contributed by atoms with Gasteiger partial charge in [-0.05, 0) is 36.2 Å². The van der Waals surface area contributed by atoms with Crippen molar-refractivity contribution in [1.29, 1.82) is 0 Å². The Hall–Kier alpha value is -2.73. The fourth-order valence-electron chi connectivity index (χ4n) is 2.15. The number of carboxylic acid groups (broad SMARTS) is 1. The third kappa shape index (κ3) is 4.13. The number of hydrogen-bond donors (Lipinski definition) is 2. The Morgan fingerprint density at radius 1 is 1.09 bits per heavy atom. The highest BCUT2D eigenvalue weighted by molar-refractivity contribution is 5.87. The Kier molecular flexibility index (Phi) is 5.21. The molecule has 0 unspecified atom stereocenters. The first-order chi connectivity index (χ1) is 10.6. The minimum absolute atomic E-state index is 0.0422. The number of aromatic carboxylic acids is 1. The molecule has 0 atom stereocenters. The first-order valence-corrected chi connectivity index (χ1v) is 6.83. The molecule has 0 bridgehead atoms. The predicted molar refractivity (Wildman–Crippen MR) is 81.9 cm³/mol. The highest BCUT2D eigenvalue weighted by atomic mass is 16.6. The van der Waals surface area contributed by atoms with Crippen molar-refractivity contribution < 1.29 is 14.8 Å². The van der Waals surface area contributed by atoms with Gasteiger partial charge in [-0.2, -0.15) is 0 Å². The van der Waals surface area contributed by atoms with Gasteiger partial charge in [-0.1, -0.05) is 24.3 Å². The van der Waals surface area contributed by atoms with Gasteiger partial charge in [-0.3, -0.25) is 10.1 Å². The van der Waals surface area contributed by atoms with E-state index < -0.39 is 10.9 Å². The Labute approximate surface area is 127 Å². The number of non-ortho nitro benzene ring substituents is 1. The maximum Gasteiger partial charge on any atom is 0.335 e. The molecule has 1 aliphatic rings. The van der Waals surface area contributed by atoms with Crippen molar-refractivity contribution in [2.75, 3.05) is 6.54 Å². The van der Waals surface area contributed by atoms with Crippen molar-refractivity contribution in [3.05, 3.63) is 75.3 Å². The summed E-state index contributed by atoms with van der Waals surface area (Å²) < 4.78 is 0. The molecule has 0 amide bonds. The van der Waals surface area contributed by atoms with Crippen LogP contribution in [0.1, 0.15) is 21.5 Å². The van der Waals surface area contributed by atoms with Gasteiger partial charge < -0.3 is 10.4 Å². The van der Waals surface area contributed by atoms with Gasteiger partial charge in [0.25, 0.3) is 5.69 Å². The van der Waals surface area contributed by atoms with E-state index in [2.05, 4.69) is 29.6 Å². The number of rotatable bonds is 2. The summed E-state index contributed by atoms with van der Waals surface area (Å²) in [5.41, 5.74) is 2.91. The Morgan fingerprint density at radius 3 is 2.27 bits per heavy atom. The van der Waals surface area contributed by atoms with Crippen LogP contribution in [0.2, 0.25) is 0 Å². The van der Waals surface area contributed by atoms with Crippen LogP contribution in [0.25, 0.3) is 0 Å². The third-order valence-electron chi connectivity index (χ3n) is 3.33. The Morgan fingerprint density at radius 2 is 1.73 bits per heavy atom. The molecule has 0 spiro atoms. The van der Waals surface area contributed by atoms with E-state index in [4.69, 9.17) is 5.11 Å². The highest BCUT2D eigenvalue weighted by Gasteiger charge is 2.07. The summed E-state index contributed by atoms with van der Waals surface area (Å²) in [6.45, 7) is 2.19. The molecule has 2 aromatic rings. The average molecular weight is 300 g/mol. The van der Waals surface area contributed by atoms with Gasteiger partial charge in [-0.25, -0.2) is 4.79 Å². The Bertz CT molecular complexity index is 610. The topological polar surface area (TPSA) is 92.5 Å². The minimum Gasteiger partial charge on any atom is -0.478 e. The molecule has 1 aliphatic heterocycles. The standard InChI is InChI=1S/C9H11N.C7H5NO4/c1-2-4-9-7-10-6-5-8(9)3-1;9-7(10)5-1-3-6(4-2-5)8(11)12/h1-4,10H,5-7H2;1-4H,(H,9,10). The summed E-state index contributed by atoms with van der Waals surface area (Å²) in [7, 11) is 0. The number of nitrogens with zero attached hydrogens (tertiary/aromatic N) is 1. The minimum atomic E-state index is -1.09. The second kappa shape index (κ2) is 7.33. The van der Waals surface area contributed by atoms with Crippen LogP contribution in [-0.4, -0.2) is 22.5 Å². The number of nitro groups is 1. The third-order valence-corrected chi connectivity index (χ3v) is 3.33. The van der Waals surface area contributed by atoms with Gasteiger partial charge in [0.1, 0.15) is 0 Å². The first kappa shape index (κ1) is 15.7. The summed E-state index contributed by atoms with van der Waals surface area (Å²) in [6, 6.07) is 13.3. The van der Waals surface area contributed by atoms with Crippen molar-refractivity contribution in [3.8, 4) is 0 Å². The number of carbonyl (C=O) groups is 1. The zero-order chi connectivity index (χ0) is 15.9. The largest absolute Gasteiger partial charge is 0.478 e. The van der Waals surface area contributed by atoms with Crippen molar-refractivity contribution in [3.63, 3.8) is 0 Å². The molecule has 0 aromatic heterocycles. The molecule has 0 saturated heterocycles. The molecule has 2 aromatic carbocycles. The van der Waals surface area contributed by atoms with E-state index in [1.54, 1.807) is 0 Å². The van der Waals surface area contributed by atoms with Gasteiger partial charge in [0.05, 0.1) is 10.5 Å². The average Bonchev–Trinajstić information content (AvgIpc) is 2.55. The molecule has 6 nitrogen and oxygen atoms in total. The molecule has 2 N–H and O–H groups in total. The van der Waals surface area contributed by atoms with Crippen LogP contribution in [0, 0.1) is 10.1 Å². The van der Waals surface area contributed by atoms with Crippen LogP contribution in [0.4, 0.5) is 5.69 Å². The van der Waals surface area contributed by atoms with E-state index in [9.17, 15) is 14.9 Å². The lowest BCUT2D eigenvalue weighted by atomic mass is 10.0. The van der Waals surface area contributed by atoms with Crippen molar-refractivity contribution >= 4 is 11.7 Å². The number of hydrogen-bond acceptors (Lipinski definition) is 4. The van der Waals surface area contributed by atoms with Crippen molar-refractivity contribution in [2.24, 2.45) is 0 Å². The lowest BCUT2D eigenvalue weighted by Crippen LogP contribution is -2.23. The summed E-state index contributed by atoms with van der Waals surface area (Å²) >= 11 is 0. The molecular weight excluding hydrogens is 284 g/mol. The van der Waals surface area contributed by atoms with Crippen LogP contribution in [0.15, 0.2) is 48.5 Å². The Balaban J connectivity index is 0.000000162. The van der Waals surface area contributed by atoms with Gasteiger partial charge in [0.2, 0.25) is 0 Å². The van der Waals surface area contributed by atoms with Gasteiger partial charge in [0, 0.05) is 18.7 Å². The molecule has 114 valence electrons. The lowest BCUT2D eigenvalue weighted by Gasteiger charge is -2.15. The molecule has 0 radical (unpaired) electrons. The molecule has 3 rings (SSSR count). The molecule has 22 heavy (non-hydrogen) atoms. The van der Waals surface area contributed by atoms with Crippen LogP contribution in [-0.2, 0) is 13.0 Å². The predicted octanol–water partition coefficient (Wildman–Crippen LogP) is 2.63. The second-order valence-corrected chi connectivity index (χ2v) is 4.80. The maximum atomic E-state index is 10.3. The van der Waals surface area contributed by atoms with Crippen LogP contribution in [0.5, 0.6) is 0 Å². The van der Waals surface area contributed by atoms with E-state index >= 15 is 0 Å². The fraction of sp³-hybridized carbons (Fsp3) is 0.188. The molecule has 6 heteroatoms. The van der Waals surface area contributed by atoms with Crippen LogP contribution >= 0.6 is 0 Å². The molecule has 0 aliphatic carbocycles. The van der Waals surface area contributed by atoms with Gasteiger partial charge in [-0.15, -0.1) is 0 Å². The smallest absolute Gasteiger partial charge is 0.335 e. The van der Waals surface area contributed by atoms with Gasteiger partial charge >= 0.3 is 5.97 Å². The van der Waals surface area contributed by atoms with E-state index in [1.165, 1.54) is 29.7 Å². The summed E-state index contributed by atoms with van der Waals surface area (Å²) in [5.74, 6) is -1.09.